The summed E-state index contributed by atoms with van der Waals surface area (Å²) in [5, 5.41) is 0. The van der Waals surface area contributed by atoms with Gasteiger partial charge in [-0.15, -0.1) is 24.0 Å². The summed E-state index contributed by atoms with van der Waals surface area (Å²) < 4.78 is 0. The van der Waals surface area contributed by atoms with Gasteiger partial charge in [0.1, 0.15) is 0 Å². The molecule has 0 radical (unpaired) electrons. The molecule has 1 fully saturated rings. The van der Waals surface area contributed by atoms with Gasteiger partial charge in [-0.05, 0) is 18.8 Å². The van der Waals surface area contributed by atoms with E-state index in [9.17, 15) is 0 Å². The third kappa shape index (κ3) is 6.48. The van der Waals surface area contributed by atoms with Crippen molar-refractivity contribution in [3.05, 3.63) is 0 Å². The van der Waals surface area contributed by atoms with Gasteiger partial charge in [0.05, 0.1) is 0 Å². The Morgan fingerprint density at radius 1 is 1.12 bits per heavy atom. The molecule has 17 heavy (non-hydrogen) atoms. The Bertz CT molecular complexity index is 207. The lowest BCUT2D eigenvalue weighted by Gasteiger charge is -2.21. The second-order valence-electron chi connectivity index (χ2n) is 4.78. The highest BCUT2D eigenvalue weighted by Gasteiger charge is 2.11. The van der Waals surface area contributed by atoms with Crippen molar-refractivity contribution in [2.45, 2.75) is 52.4 Å². The van der Waals surface area contributed by atoms with Gasteiger partial charge in [-0.25, -0.2) is 0 Å². The van der Waals surface area contributed by atoms with Crippen molar-refractivity contribution in [2.24, 2.45) is 16.6 Å². The smallest absolute Gasteiger partial charge is 0.191 e. The van der Waals surface area contributed by atoms with Crippen LogP contribution in [-0.2, 0) is 0 Å². The van der Waals surface area contributed by atoms with Gasteiger partial charge < -0.3 is 10.6 Å². The minimum Gasteiger partial charge on any atom is -0.370 e. The number of nitrogens with zero attached hydrogens (tertiary/aromatic N) is 2. The van der Waals surface area contributed by atoms with Crippen LogP contribution >= 0.6 is 24.0 Å². The number of halogens is 1. The summed E-state index contributed by atoms with van der Waals surface area (Å²) in [5.74, 6) is 1.47. The summed E-state index contributed by atoms with van der Waals surface area (Å²) >= 11 is 0. The van der Waals surface area contributed by atoms with E-state index in [1.165, 1.54) is 38.5 Å². The van der Waals surface area contributed by atoms with Crippen molar-refractivity contribution < 1.29 is 0 Å². The molecule has 0 aromatic carbocycles. The van der Waals surface area contributed by atoms with Gasteiger partial charge in [-0.3, -0.25) is 4.99 Å². The molecule has 1 aliphatic heterocycles. The summed E-state index contributed by atoms with van der Waals surface area (Å²) in [6, 6.07) is 0. The first-order chi connectivity index (χ1) is 7.77. The van der Waals surface area contributed by atoms with Gasteiger partial charge >= 0.3 is 0 Å². The second kappa shape index (κ2) is 9.97. The number of aliphatic imine (C=N–C) groups is 1. The quantitative estimate of drug-likeness (QED) is 0.479. The molecule has 0 aromatic rings. The fourth-order valence-corrected chi connectivity index (χ4v) is 2.17. The number of guanidine groups is 1. The summed E-state index contributed by atoms with van der Waals surface area (Å²) in [6.07, 6.45) is 7.62. The van der Waals surface area contributed by atoms with Crippen LogP contribution in [0, 0.1) is 5.92 Å². The largest absolute Gasteiger partial charge is 0.370 e. The molecular formula is C13H28IN3. The predicted molar refractivity (Wildman–Crippen MR) is 86.0 cm³/mol. The minimum atomic E-state index is 0. The van der Waals surface area contributed by atoms with Crippen molar-refractivity contribution in [3.63, 3.8) is 0 Å². The standard InChI is InChI=1S/C13H27N3.HI/c1-3-12(4-2)11-15-13(14)16-9-7-5-6-8-10-16;/h12H,3-11H2,1-2H3,(H2,14,15);1H. The average molecular weight is 353 g/mol. The molecule has 0 aromatic heterocycles. The van der Waals surface area contributed by atoms with Gasteiger partial charge in [0, 0.05) is 19.6 Å². The highest BCUT2D eigenvalue weighted by molar-refractivity contribution is 14.0. The lowest BCUT2D eigenvalue weighted by molar-refractivity contribution is 0.423. The Morgan fingerprint density at radius 2 is 1.65 bits per heavy atom. The normalized spacial score (nSPS) is 17.8. The van der Waals surface area contributed by atoms with Crippen LogP contribution in [0.3, 0.4) is 0 Å². The van der Waals surface area contributed by atoms with Gasteiger partial charge in [0.15, 0.2) is 5.96 Å². The van der Waals surface area contributed by atoms with Crippen LogP contribution in [0.4, 0.5) is 0 Å². The maximum absolute atomic E-state index is 6.05. The first kappa shape index (κ1) is 17.0. The zero-order valence-electron chi connectivity index (χ0n) is 11.3. The van der Waals surface area contributed by atoms with Crippen molar-refractivity contribution in [2.75, 3.05) is 19.6 Å². The van der Waals surface area contributed by atoms with E-state index in [0.29, 0.717) is 5.92 Å². The van der Waals surface area contributed by atoms with E-state index in [1.54, 1.807) is 0 Å². The number of rotatable bonds is 4. The monoisotopic (exact) mass is 353 g/mol. The molecule has 3 nitrogen and oxygen atoms in total. The average Bonchev–Trinajstić information content (AvgIpc) is 2.58. The van der Waals surface area contributed by atoms with Crippen LogP contribution in [0.2, 0.25) is 0 Å². The molecule has 0 atom stereocenters. The third-order valence-electron chi connectivity index (χ3n) is 3.60. The molecule has 0 spiro atoms. The molecule has 2 N–H and O–H groups in total. The van der Waals surface area contributed by atoms with Gasteiger partial charge in [0.25, 0.3) is 0 Å². The Hall–Kier alpha value is 0. The van der Waals surface area contributed by atoms with Crippen LogP contribution in [0.15, 0.2) is 4.99 Å². The Morgan fingerprint density at radius 3 is 2.12 bits per heavy atom. The molecule has 1 heterocycles. The van der Waals surface area contributed by atoms with E-state index in [1.807, 2.05) is 0 Å². The molecule has 0 saturated carbocycles. The van der Waals surface area contributed by atoms with Crippen molar-refractivity contribution in [1.29, 1.82) is 0 Å². The Balaban J connectivity index is 0.00000256. The summed E-state index contributed by atoms with van der Waals surface area (Å²) in [5.41, 5.74) is 6.05. The zero-order chi connectivity index (χ0) is 11.8. The van der Waals surface area contributed by atoms with E-state index >= 15 is 0 Å². The van der Waals surface area contributed by atoms with Crippen LogP contribution in [0.25, 0.3) is 0 Å². The SMILES string of the molecule is CCC(CC)CN=C(N)N1CCCCCC1.I. The van der Waals surface area contributed by atoms with Crippen LogP contribution in [0.5, 0.6) is 0 Å². The van der Waals surface area contributed by atoms with Crippen molar-refractivity contribution in [1.82, 2.24) is 4.90 Å². The van der Waals surface area contributed by atoms with Gasteiger partial charge in [-0.1, -0.05) is 39.5 Å². The predicted octanol–water partition coefficient (Wildman–Crippen LogP) is 3.23. The molecule has 0 aliphatic carbocycles. The number of likely N-dealkylation sites (tertiary alicyclic amines) is 1. The molecule has 1 saturated heterocycles. The minimum absolute atomic E-state index is 0. The van der Waals surface area contributed by atoms with E-state index in [2.05, 4.69) is 23.7 Å². The Kier molecular flexibility index (Phi) is 9.97. The number of hydrogen-bond acceptors (Lipinski definition) is 1. The number of hydrogen-bond donors (Lipinski definition) is 1. The number of nitrogens with two attached hydrogens (primary N) is 1. The molecule has 102 valence electrons. The molecular weight excluding hydrogens is 325 g/mol. The zero-order valence-corrected chi connectivity index (χ0v) is 13.7. The lowest BCUT2D eigenvalue weighted by atomic mass is 10.0. The topological polar surface area (TPSA) is 41.6 Å². The molecule has 1 aliphatic rings. The van der Waals surface area contributed by atoms with Crippen molar-refractivity contribution >= 4 is 29.9 Å². The highest BCUT2D eigenvalue weighted by Crippen LogP contribution is 2.10. The van der Waals surface area contributed by atoms with Crippen LogP contribution in [0.1, 0.15) is 52.4 Å². The van der Waals surface area contributed by atoms with E-state index in [-0.39, 0.29) is 24.0 Å². The first-order valence-corrected chi connectivity index (χ1v) is 6.82. The highest BCUT2D eigenvalue weighted by atomic mass is 127. The summed E-state index contributed by atoms with van der Waals surface area (Å²) in [6.45, 7) is 7.55. The maximum Gasteiger partial charge on any atom is 0.191 e. The van der Waals surface area contributed by atoms with Crippen LogP contribution in [-0.4, -0.2) is 30.5 Å². The van der Waals surface area contributed by atoms with Crippen LogP contribution < -0.4 is 5.73 Å². The van der Waals surface area contributed by atoms with Gasteiger partial charge in [-0.2, -0.15) is 0 Å². The molecule has 0 amide bonds. The Labute approximate surface area is 123 Å². The fraction of sp³-hybridized carbons (Fsp3) is 0.923. The molecule has 4 heteroatoms. The second-order valence-corrected chi connectivity index (χ2v) is 4.78. The van der Waals surface area contributed by atoms with E-state index < -0.39 is 0 Å². The lowest BCUT2D eigenvalue weighted by Crippen LogP contribution is -2.38. The third-order valence-corrected chi connectivity index (χ3v) is 3.60. The van der Waals surface area contributed by atoms with Gasteiger partial charge in [0.2, 0.25) is 0 Å². The molecule has 0 unspecified atom stereocenters. The maximum atomic E-state index is 6.05. The van der Waals surface area contributed by atoms with Crippen molar-refractivity contribution in [3.8, 4) is 0 Å². The summed E-state index contributed by atoms with van der Waals surface area (Å²) in [4.78, 5) is 6.81. The van der Waals surface area contributed by atoms with E-state index in [4.69, 9.17) is 5.73 Å². The first-order valence-electron chi connectivity index (χ1n) is 6.82. The molecule has 1 rings (SSSR count). The van der Waals surface area contributed by atoms with E-state index in [0.717, 1.165) is 25.6 Å². The fourth-order valence-electron chi connectivity index (χ4n) is 2.17. The summed E-state index contributed by atoms with van der Waals surface area (Å²) in [7, 11) is 0. The molecule has 0 bridgehead atoms.